The van der Waals surface area contributed by atoms with E-state index in [0.29, 0.717) is 6.04 Å². The van der Waals surface area contributed by atoms with Crippen LogP contribution in [0, 0.1) is 12.8 Å². The molecule has 1 aromatic carbocycles. The Balaban J connectivity index is 1.97. The minimum absolute atomic E-state index is 0.653. The van der Waals surface area contributed by atoms with E-state index in [-0.39, 0.29) is 0 Å². The van der Waals surface area contributed by atoms with E-state index in [1.54, 1.807) is 7.11 Å². The molecule has 1 fully saturated rings. The first-order valence-electron chi connectivity index (χ1n) is 8.11. The van der Waals surface area contributed by atoms with Crippen LogP contribution in [0.3, 0.4) is 0 Å². The highest BCUT2D eigenvalue weighted by atomic mass is 16.5. The summed E-state index contributed by atoms with van der Waals surface area (Å²) < 4.78 is 5.47. The second-order valence-corrected chi connectivity index (χ2v) is 6.11. The van der Waals surface area contributed by atoms with Crippen molar-refractivity contribution in [1.29, 1.82) is 0 Å². The molecule has 0 bridgehead atoms. The molecule has 2 rings (SSSR count). The van der Waals surface area contributed by atoms with E-state index in [9.17, 15) is 0 Å². The fourth-order valence-corrected chi connectivity index (χ4v) is 3.47. The van der Waals surface area contributed by atoms with Crippen molar-refractivity contribution in [2.45, 2.75) is 65.0 Å². The Morgan fingerprint density at radius 1 is 1.25 bits per heavy atom. The van der Waals surface area contributed by atoms with E-state index in [1.165, 1.54) is 49.7 Å². The number of hydrogen-bond donors (Lipinski definition) is 1. The van der Waals surface area contributed by atoms with E-state index >= 15 is 0 Å². The second kappa shape index (κ2) is 7.68. The summed E-state index contributed by atoms with van der Waals surface area (Å²) in [5.74, 6) is 1.87. The first-order valence-corrected chi connectivity index (χ1v) is 8.11. The lowest BCUT2D eigenvalue weighted by molar-refractivity contribution is 0.261. The van der Waals surface area contributed by atoms with E-state index in [4.69, 9.17) is 4.74 Å². The monoisotopic (exact) mass is 275 g/mol. The van der Waals surface area contributed by atoms with Gasteiger partial charge in [-0.1, -0.05) is 43.9 Å². The Morgan fingerprint density at radius 3 is 2.65 bits per heavy atom. The van der Waals surface area contributed by atoms with Crippen molar-refractivity contribution >= 4 is 0 Å². The molecule has 0 aromatic heterocycles. The van der Waals surface area contributed by atoms with Crippen molar-refractivity contribution in [2.24, 2.45) is 5.92 Å². The van der Waals surface area contributed by atoms with Crippen LogP contribution in [-0.4, -0.2) is 13.2 Å². The molecule has 2 nitrogen and oxygen atoms in total. The van der Waals surface area contributed by atoms with Crippen LogP contribution in [0.25, 0.3) is 0 Å². The highest BCUT2D eigenvalue weighted by Gasteiger charge is 2.22. The SMILES string of the molecule is CCC(NCc1cc(C)ccc1OC)C1CCCCC1. The first-order chi connectivity index (χ1) is 9.74. The van der Waals surface area contributed by atoms with Crippen molar-refractivity contribution in [1.82, 2.24) is 5.32 Å². The molecule has 20 heavy (non-hydrogen) atoms. The molecule has 1 saturated carbocycles. The van der Waals surface area contributed by atoms with Gasteiger partial charge in [0.2, 0.25) is 0 Å². The molecule has 0 aliphatic heterocycles. The van der Waals surface area contributed by atoms with Gasteiger partial charge in [-0.25, -0.2) is 0 Å². The number of methoxy groups -OCH3 is 1. The van der Waals surface area contributed by atoms with Crippen LogP contribution >= 0.6 is 0 Å². The van der Waals surface area contributed by atoms with Gasteiger partial charge in [0.1, 0.15) is 5.75 Å². The van der Waals surface area contributed by atoms with Gasteiger partial charge in [-0.15, -0.1) is 0 Å². The molecule has 0 spiro atoms. The van der Waals surface area contributed by atoms with Gasteiger partial charge in [-0.3, -0.25) is 0 Å². The molecule has 2 heteroatoms. The Kier molecular flexibility index (Phi) is 5.90. The van der Waals surface area contributed by atoms with Crippen molar-refractivity contribution in [3.05, 3.63) is 29.3 Å². The molecule has 1 unspecified atom stereocenters. The summed E-state index contributed by atoms with van der Waals surface area (Å²) in [6.07, 6.45) is 8.28. The number of ether oxygens (including phenoxy) is 1. The first kappa shape index (κ1) is 15.4. The average molecular weight is 275 g/mol. The molecule has 0 heterocycles. The van der Waals surface area contributed by atoms with Crippen LogP contribution in [0.4, 0.5) is 0 Å². The summed E-state index contributed by atoms with van der Waals surface area (Å²) in [5.41, 5.74) is 2.58. The third kappa shape index (κ3) is 3.99. The van der Waals surface area contributed by atoms with Crippen LogP contribution < -0.4 is 10.1 Å². The Labute approximate surface area is 123 Å². The topological polar surface area (TPSA) is 21.3 Å². The molecule has 1 aromatic rings. The smallest absolute Gasteiger partial charge is 0.123 e. The average Bonchev–Trinajstić information content (AvgIpc) is 2.49. The molecule has 1 N–H and O–H groups in total. The zero-order chi connectivity index (χ0) is 14.4. The van der Waals surface area contributed by atoms with Gasteiger partial charge >= 0.3 is 0 Å². The summed E-state index contributed by atoms with van der Waals surface area (Å²) in [5, 5.41) is 3.78. The van der Waals surface area contributed by atoms with Crippen molar-refractivity contribution < 1.29 is 4.74 Å². The zero-order valence-corrected chi connectivity index (χ0v) is 13.2. The lowest BCUT2D eigenvalue weighted by Crippen LogP contribution is -2.36. The van der Waals surface area contributed by atoms with E-state index in [2.05, 4.69) is 37.4 Å². The van der Waals surface area contributed by atoms with Crippen LogP contribution in [0.2, 0.25) is 0 Å². The van der Waals surface area contributed by atoms with Gasteiger partial charge in [-0.05, 0) is 38.2 Å². The van der Waals surface area contributed by atoms with Gasteiger partial charge in [0, 0.05) is 18.2 Å². The maximum Gasteiger partial charge on any atom is 0.123 e. The molecule has 0 radical (unpaired) electrons. The largest absolute Gasteiger partial charge is 0.496 e. The van der Waals surface area contributed by atoms with Gasteiger partial charge in [0.15, 0.2) is 0 Å². The van der Waals surface area contributed by atoms with Gasteiger partial charge in [0.25, 0.3) is 0 Å². The Hall–Kier alpha value is -1.02. The van der Waals surface area contributed by atoms with Gasteiger partial charge in [0.05, 0.1) is 7.11 Å². The Bertz CT molecular complexity index is 410. The predicted molar refractivity (Wildman–Crippen MR) is 85.2 cm³/mol. The van der Waals surface area contributed by atoms with E-state index in [1.807, 2.05) is 0 Å². The highest BCUT2D eigenvalue weighted by molar-refractivity contribution is 5.36. The summed E-state index contributed by atoms with van der Waals surface area (Å²) in [4.78, 5) is 0. The van der Waals surface area contributed by atoms with E-state index < -0.39 is 0 Å². The number of hydrogen-bond acceptors (Lipinski definition) is 2. The molecule has 0 saturated heterocycles. The maximum absolute atomic E-state index is 5.47. The molecule has 1 atom stereocenters. The number of nitrogens with one attached hydrogen (secondary N) is 1. The molecular weight excluding hydrogens is 246 g/mol. The van der Waals surface area contributed by atoms with Crippen molar-refractivity contribution in [2.75, 3.05) is 7.11 Å². The van der Waals surface area contributed by atoms with Crippen LogP contribution in [-0.2, 0) is 6.54 Å². The third-order valence-corrected chi connectivity index (χ3v) is 4.65. The van der Waals surface area contributed by atoms with Crippen LogP contribution in [0.5, 0.6) is 5.75 Å². The fourth-order valence-electron chi connectivity index (χ4n) is 3.47. The lowest BCUT2D eigenvalue weighted by atomic mass is 9.83. The maximum atomic E-state index is 5.47. The van der Waals surface area contributed by atoms with Crippen LogP contribution in [0.1, 0.15) is 56.6 Å². The van der Waals surface area contributed by atoms with Crippen molar-refractivity contribution in [3.8, 4) is 5.75 Å². The van der Waals surface area contributed by atoms with Crippen LogP contribution in [0.15, 0.2) is 18.2 Å². The number of benzene rings is 1. The summed E-state index contributed by atoms with van der Waals surface area (Å²) in [7, 11) is 1.76. The lowest BCUT2D eigenvalue weighted by Gasteiger charge is -2.30. The number of aryl methyl sites for hydroxylation is 1. The molecular formula is C18H29NO. The summed E-state index contributed by atoms with van der Waals surface area (Å²) >= 11 is 0. The molecule has 1 aliphatic rings. The molecule has 0 amide bonds. The number of rotatable bonds is 6. The minimum atomic E-state index is 0.653. The second-order valence-electron chi connectivity index (χ2n) is 6.11. The molecule has 112 valence electrons. The predicted octanol–water partition coefficient (Wildman–Crippen LogP) is 4.45. The minimum Gasteiger partial charge on any atom is -0.496 e. The van der Waals surface area contributed by atoms with Crippen molar-refractivity contribution in [3.63, 3.8) is 0 Å². The zero-order valence-electron chi connectivity index (χ0n) is 13.2. The normalized spacial score (nSPS) is 17.9. The summed E-state index contributed by atoms with van der Waals surface area (Å²) in [6.45, 7) is 5.36. The fraction of sp³-hybridized carbons (Fsp3) is 0.667. The third-order valence-electron chi connectivity index (χ3n) is 4.65. The van der Waals surface area contributed by atoms with E-state index in [0.717, 1.165) is 18.2 Å². The molecule has 1 aliphatic carbocycles. The standard InChI is InChI=1S/C18H29NO/c1-4-17(15-8-6-5-7-9-15)19-13-16-12-14(2)10-11-18(16)20-3/h10-12,15,17,19H,4-9,13H2,1-3H3. The van der Waals surface area contributed by atoms with Gasteiger partial charge in [-0.2, -0.15) is 0 Å². The highest BCUT2D eigenvalue weighted by Crippen LogP contribution is 2.28. The quantitative estimate of drug-likeness (QED) is 0.828. The van der Waals surface area contributed by atoms with Gasteiger partial charge < -0.3 is 10.1 Å². The summed E-state index contributed by atoms with van der Waals surface area (Å²) in [6, 6.07) is 7.08. The Morgan fingerprint density at radius 2 is 2.00 bits per heavy atom.